The Morgan fingerprint density at radius 3 is 3.09 bits per heavy atom. The molecule has 1 fully saturated rings. The van der Waals surface area contributed by atoms with E-state index in [2.05, 4.69) is 21.7 Å². The number of pyridine rings is 1. The van der Waals surface area contributed by atoms with Crippen LogP contribution in [0.4, 0.5) is 0 Å². The molecular formula is C19H27N3O. The highest BCUT2D eigenvalue weighted by Crippen LogP contribution is 2.19. The van der Waals surface area contributed by atoms with E-state index in [-0.39, 0.29) is 5.91 Å². The van der Waals surface area contributed by atoms with Gasteiger partial charge in [0.15, 0.2) is 0 Å². The molecule has 0 radical (unpaired) electrons. The Bertz CT molecular complexity index is 561. The predicted octanol–water partition coefficient (Wildman–Crippen LogP) is 2.85. The highest BCUT2D eigenvalue weighted by Gasteiger charge is 2.16. The maximum Gasteiger partial charge on any atom is 0.252 e. The van der Waals surface area contributed by atoms with Crippen molar-refractivity contribution in [1.29, 1.82) is 0 Å². The van der Waals surface area contributed by atoms with Crippen LogP contribution in [0.5, 0.6) is 0 Å². The molecule has 1 amide bonds. The molecule has 0 saturated carbocycles. The molecule has 2 N–H and O–H groups in total. The molecule has 1 atom stereocenters. The van der Waals surface area contributed by atoms with Gasteiger partial charge in [0.05, 0.1) is 5.56 Å². The maximum atomic E-state index is 12.3. The van der Waals surface area contributed by atoms with Crippen LogP contribution in [0.3, 0.4) is 0 Å². The van der Waals surface area contributed by atoms with Crippen LogP contribution in [0, 0.1) is 5.92 Å². The normalized spacial score (nSPS) is 21.0. The van der Waals surface area contributed by atoms with Gasteiger partial charge in [-0.15, -0.1) is 0 Å². The van der Waals surface area contributed by atoms with Gasteiger partial charge >= 0.3 is 0 Å². The van der Waals surface area contributed by atoms with E-state index in [0.717, 1.165) is 32.5 Å². The Labute approximate surface area is 138 Å². The Hall–Kier alpha value is -1.68. The van der Waals surface area contributed by atoms with Crippen LogP contribution in [0.2, 0.25) is 0 Å². The topological polar surface area (TPSA) is 54.0 Å². The Morgan fingerprint density at radius 1 is 1.35 bits per heavy atom. The number of hydrogen-bond acceptors (Lipinski definition) is 3. The molecule has 0 spiro atoms. The molecular weight excluding hydrogens is 286 g/mol. The van der Waals surface area contributed by atoms with E-state index < -0.39 is 0 Å². The highest BCUT2D eigenvalue weighted by molar-refractivity contribution is 5.94. The van der Waals surface area contributed by atoms with Crippen molar-refractivity contribution in [1.82, 2.24) is 15.6 Å². The second-order valence-corrected chi connectivity index (χ2v) is 6.76. The van der Waals surface area contributed by atoms with Crippen molar-refractivity contribution in [3.05, 3.63) is 41.2 Å². The third-order valence-corrected chi connectivity index (χ3v) is 4.86. The first-order valence-corrected chi connectivity index (χ1v) is 8.92. The molecule has 0 bridgehead atoms. The molecule has 1 aromatic rings. The minimum atomic E-state index is 0.000284. The first kappa shape index (κ1) is 16.2. The van der Waals surface area contributed by atoms with Crippen LogP contribution >= 0.6 is 0 Å². The van der Waals surface area contributed by atoms with Crippen LogP contribution < -0.4 is 10.6 Å². The van der Waals surface area contributed by atoms with Crippen LogP contribution in [0.25, 0.3) is 0 Å². The Kier molecular flexibility index (Phi) is 5.81. The van der Waals surface area contributed by atoms with Crippen molar-refractivity contribution in [2.45, 2.75) is 44.9 Å². The third-order valence-electron chi connectivity index (χ3n) is 4.86. The van der Waals surface area contributed by atoms with Gasteiger partial charge in [-0.05, 0) is 75.6 Å². The number of nitrogens with zero attached hydrogens (tertiary/aromatic N) is 1. The second kappa shape index (κ2) is 8.25. The molecule has 124 valence electrons. The number of allylic oxidation sites excluding steroid dienone is 1. The van der Waals surface area contributed by atoms with Gasteiger partial charge in [-0.2, -0.15) is 0 Å². The van der Waals surface area contributed by atoms with Gasteiger partial charge in [-0.3, -0.25) is 9.78 Å². The minimum absolute atomic E-state index is 0.000284. The van der Waals surface area contributed by atoms with E-state index in [1.54, 1.807) is 6.20 Å². The summed E-state index contributed by atoms with van der Waals surface area (Å²) in [6.45, 7) is 2.90. The monoisotopic (exact) mass is 313 g/mol. The summed E-state index contributed by atoms with van der Waals surface area (Å²) in [5, 5.41) is 6.42. The molecule has 4 nitrogen and oxygen atoms in total. The van der Waals surface area contributed by atoms with E-state index in [1.165, 1.54) is 43.2 Å². The molecule has 23 heavy (non-hydrogen) atoms. The lowest BCUT2D eigenvalue weighted by Gasteiger charge is -2.13. The lowest BCUT2D eigenvalue weighted by Crippen LogP contribution is -2.25. The fourth-order valence-electron chi connectivity index (χ4n) is 3.52. The maximum absolute atomic E-state index is 12.3. The number of hydrogen-bond donors (Lipinski definition) is 2. The summed E-state index contributed by atoms with van der Waals surface area (Å²) >= 11 is 0. The van der Waals surface area contributed by atoms with Crippen molar-refractivity contribution >= 4 is 5.91 Å². The number of nitrogens with one attached hydrogen (secondary N) is 2. The zero-order valence-electron chi connectivity index (χ0n) is 13.8. The standard InChI is InChI=1S/C19H27N3O/c23-19(22-9-7-15-4-2-1-3-5-15)18-11-17(13-21-14-18)10-16-6-8-20-12-16/h4,11,13-14,16,20H,1-3,5-10,12H2,(H,22,23). The summed E-state index contributed by atoms with van der Waals surface area (Å²) in [4.78, 5) is 16.5. The van der Waals surface area contributed by atoms with Crippen molar-refractivity contribution in [2.75, 3.05) is 19.6 Å². The average Bonchev–Trinajstić information content (AvgIpc) is 3.09. The van der Waals surface area contributed by atoms with E-state index in [0.29, 0.717) is 11.5 Å². The van der Waals surface area contributed by atoms with Gasteiger partial charge < -0.3 is 10.6 Å². The van der Waals surface area contributed by atoms with Crippen LogP contribution in [-0.4, -0.2) is 30.5 Å². The van der Waals surface area contributed by atoms with Gasteiger partial charge in [0.2, 0.25) is 0 Å². The number of amides is 1. The number of aromatic nitrogens is 1. The van der Waals surface area contributed by atoms with Crippen LogP contribution in [0.15, 0.2) is 30.1 Å². The molecule has 1 aliphatic heterocycles. The number of carbonyl (C=O) groups excluding carboxylic acids is 1. The summed E-state index contributed by atoms with van der Waals surface area (Å²) in [6, 6.07) is 2.00. The van der Waals surface area contributed by atoms with Crippen molar-refractivity contribution in [3.8, 4) is 0 Å². The summed E-state index contributed by atoms with van der Waals surface area (Å²) in [5.41, 5.74) is 3.35. The Morgan fingerprint density at radius 2 is 2.30 bits per heavy atom. The molecule has 0 aromatic carbocycles. The van der Waals surface area contributed by atoms with Gasteiger partial charge in [0.1, 0.15) is 0 Å². The van der Waals surface area contributed by atoms with Crippen molar-refractivity contribution in [2.24, 2.45) is 5.92 Å². The lowest BCUT2D eigenvalue weighted by molar-refractivity contribution is 0.0953. The quantitative estimate of drug-likeness (QED) is 0.794. The number of rotatable bonds is 6. The SMILES string of the molecule is O=C(NCCC1=CCCCC1)c1cncc(CC2CCNC2)c1. The molecule has 2 heterocycles. The fraction of sp³-hybridized carbons (Fsp3) is 0.579. The van der Waals surface area contributed by atoms with E-state index in [4.69, 9.17) is 0 Å². The molecule has 1 aromatic heterocycles. The smallest absolute Gasteiger partial charge is 0.252 e. The average molecular weight is 313 g/mol. The molecule has 2 aliphatic rings. The number of carbonyl (C=O) groups is 1. The minimum Gasteiger partial charge on any atom is -0.352 e. The van der Waals surface area contributed by atoms with Crippen LogP contribution in [-0.2, 0) is 6.42 Å². The first-order chi connectivity index (χ1) is 11.3. The highest BCUT2D eigenvalue weighted by atomic mass is 16.1. The van der Waals surface area contributed by atoms with Gasteiger partial charge in [-0.1, -0.05) is 11.6 Å². The summed E-state index contributed by atoms with van der Waals surface area (Å²) in [7, 11) is 0. The van der Waals surface area contributed by atoms with Gasteiger partial charge in [-0.25, -0.2) is 0 Å². The van der Waals surface area contributed by atoms with Gasteiger partial charge in [0.25, 0.3) is 5.91 Å². The van der Waals surface area contributed by atoms with E-state index in [9.17, 15) is 4.79 Å². The Balaban J connectivity index is 1.49. The molecule has 1 unspecified atom stereocenters. The van der Waals surface area contributed by atoms with E-state index in [1.807, 2.05) is 12.3 Å². The van der Waals surface area contributed by atoms with Gasteiger partial charge in [0, 0.05) is 18.9 Å². The molecule has 1 aliphatic carbocycles. The summed E-state index contributed by atoms with van der Waals surface area (Å²) in [5.74, 6) is 0.675. The zero-order valence-corrected chi connectivity index (χ0v) is 13.8. The summed E-state index contributed by atoms with van der Waals surface area (Å²) < 4.78 is 0. The van der Waals surface area contributed by atoms with Crippen molar-refractivity contribution in [3.63, 3.8) is 0 Å². The zero-order chi connectivity index (χ0) is 15.9. The molecule has 4 heteroatoms. The summed E-state index contributed by atoms with van der Waals surface area (Å²) in [6.07, 6.45) is 14.1. The second-order valence-electron chi connectivity index (χ2n) is 6.76. The fourth-order valence-corrected chi connectivity index (χ4v) is 3.52. The van der Waals surface area contributed by atoms with Crippen molar-refractivity contribution < 1.29 is 4.79 Å². The third kappa shape index (κ3) is 4.90. The molecule has 1 saturated heterocycles. The first-order valence-electron chi connectivity index (χ1n) is 8.92. The predicted molar refractivity (Wildman–Crippen MR) is 92.4 cm³/mol. The van der Waals surface area contributed by atoms with E-state index >= 15 is 0 Å². The largest absolute Gasteiger partial charge is 0.352 e. The van der Waals surface area contributed by atoms with Crippen LogP contribution in [0.1, 0.15) is 54.4 Å². The molecule has 3 rings (SSSR count). The lowest BCUT2D eigenvalue weighted by atomic mass is 9.97.